The van der Waals surface area contributed by atoms with Gasteiger partial charge in [0.2, 0.25) is 0 Å². The van der Waals surface area contributed by atoms with Crippen LogP contribution in [0.4, 0.5) is 5.69 Å². The largest absolute Gasteiger partial charge is 0.502 e. The fraction of sp³-hybridized carbons (Fsp3) is 0. The van der Waals surface area contributed by atoms with Crippen molar-refractivity contribution in [2.24, 2.45) is 0 Å². The van der Waals surface area contributed by atoms with Crippen LogP contribution in [0.15, 0.2) is 18.2 Å². The van der Waals surface area contributed by atoms with Gasteiger partial charge in [-0.25, -0.2) is 4.79 Å². The van der Waals surface area contributed by atoms with Crippen LogP contribution in [0, 0.1) is 10.1 Å². The molecule has 1 aromatic carbocycles. The minimum Gasteiger partial charge on any atom is -0.502 e. The van der Waals surface area contributed by atoms with Crippen LogP contribution in [0.1, 0.15) is 10.4 Å². The van der Waals surface area contributed by atoms with Crippen LogP contribution >= 0.6 is 12.4 Å². The van der Waals surface area contributed by atoms with E-state index in [0.717, 1.165) is 18.2 Å². The van der Waals surface area contributed by atoms with Crippen molar-refractivity contribution < 1.29 is 25.4 Å². The number of carbonyl (C=O) groups is 1. The Morgan fingerprint density at radius 3 is 2.33 bits per heavy atom. The molecule has 0 saturated heterocycles. The number of nitro benzene ring substituents is 1. The maximum Gasteiger partial charge on any atom is 0.335 e. The van der Waals surface area contributed by atoms with Gasteiger partial charge in [-0.2, -0.15) is 0 Å². The molecule has 8 heteroatoms. The summed E-state index contributed by atoms with van der Waals surface area (Å²) < 4.78 is 0. The maximum absolute atomic E-state index is 10.4. The molecule has 0 atom stereocenters. The van der Waals surface area contributed by atoms with E-state index in [-0.39, 0.29) is 23.4 Å². The van der Waals surface area contributed by atoms with Gasteiger partial charge in [-0.3, -0.25) is 10.1 Å². The van der Waals surface area contributed by atoms with Gasteiger partial charge in [-0.1, -0.05) is 0 Å². The molecule has 0 unspecified atom stereocenters. The first-order chi connectivity index (χ1) is 6.02. The summed E-state index contributed by atoms with van der Waals surface area (Å²) in [6, 6.07) is 2.86. The summed E-state index contributed by atoms with van der Waals surface area (Å²) in [5.74, 6) is -1.82. The molecule has 0 heterocycles. The Morgan fingerprint density at radius 1 is 1.40 bits per heavy atom. The summed E-state index contributed by atoms with van der Waals surface area (Å²) in [6.07, 6.45) is 0. The molecule has 4 N–H and O–H groups in total. The molecule has 84 valence electrons. The third-order valence-electron chi connectivity index (χ3n) is 1.42. The molecule has 0 fully saturated rings. The van der Waals surface area contributed by atoms with Crippen molar-refractivity contribution in [3.63, 3.8) is 0 Å². The van der Waals surface area contributed by atoms with Crippen molar-refractivity contribution in [2.75, 3.05) is 0 Å². The number of benzene rings is 1. The number of aromatic hydroxyl groups is 1. The molecule has 0 amide bonds. The summed E-state index contributed by atoms with van der Waals surface area (Å²) in [5, 5.41) is 27.7. The zero-order valence-corrected chi connectivity index (χ0v) is 8.02. The van der Waals surface area contributed by atoms with Gasteiger partial charge in [0.1, 0.15) is 0 Å². The standard InChI is InChI=1S/C7H5NO5.ClH.H2O/c9-6-2-1-4(7(10)11)3-5(6)8(12)13;;/h1-3,9H,(H,10,11);1H;1H2. The maximum atomic E-state index is 10.4. The van der Waals surface area contributed by atoms with E-state index in [9.17, 15) is 14.9 Å². The fourth-order valence-corrected chi connectivity index (χ4v) is 0.803. The van der Waals surface area contributed by atoms with Crippen molar-refractivity contribution >= 4 is 24.1 Å². The van der Waals surface area contributed by atoms with Gasteiger partial charge in [-0.05, 0) is 12.1 Å². The highest BCUT2D eigenvalue weighted by Gasteiger charge is 2.15. The van der Waals surface area contributed by atoms with E-state index in [4.69, 9.17) is 10.2 Å². The minimum absolute atomic E-state index is 0. The van der Waals surface area contributed by atoms with Gasteiger partial charge in [0.25, 0.3) is 0 Å². The predicted molar refractivity (Wildman–Crippen MR) is 52.6 cm³/mol. The lowest BCUT2D eigenvalue weighted by Gasteiger charge is -1.96. The van der Waals surface area contributed by atoms with Crippen molar-refractivity contribution in [3.8, 4) is 5.75 Å². The highest BCUT2D eigenvalue weighted by molar-refractivity contribution is 5.88. The van der Waals surface area contributed by atoms with Crippen LogP contribution < -0.4 is 0 Å². The number of hydrogen-bond acceptors (Lipinski definition) is 4. The van der Waals surface area contributed by atoms with Crippen LogP contribution in [0.3, 0.4) is 0 Å². The van der Waals surface area contributed by atoms with Crippen molar-refractivity contribution in [2.45, 2.75) is 0 Å². The Hall–Kier alpha value is -1.86. The van der Waals surface area contributed by atoms with Crippen LogP contribution in [0.2, 0.25) is 0 Å². The smallest absolute Gasteiger partial charge is 0.335 e. The molecule has 0 aromatic heterocycles. The number of nitro groups is 1. The molecule has 0 aliphatic rings. The first-order valence-corrected chi connectivity index (χ1v) is 3.23. The monoisotopic (exact) mass is 237 g/mol. The molecule has 0 saturated carbocycles. The van der Waals surface area contributed by atoms with E-state index in [0.29, 0.717) is 0 Å². The average Bonchev–Trinajstić information content (AvgIpc) is 2.04. The average molecular weight is 238 g/mol. The van der Waals surface area contributed by atoms with E-state index in [1.54, 1.807) is 0 Å². The lowest BCUT2D eigenvalue weighted by molar-refractivity contribution is -0.385. The zero-order chi connectivity index (χ0) is 10.0. The van der Waals surface area contributed by atoms with Crippen molar-refractivity contribution in [1.29, 1.82) is 0 Å². The number of aromatic carboxylic acids is 1. The summed E-state index contributed by atoms with van der Waals surface area (Å²) in [7, 11) is 0. The predicted octanol–water partition coefficient (Wildman–Crippen LogP) is 0.596. The van der Waals surface area contributed by atoms with Gasteiger partial charge in [-0.15, -0.1) is 12.4 Å². The Kier molecular flexibility index (Phi) is 6.02. The Bertz CT molecular complexity index is 380. The van der Waals surface area contributed by atoms with Gasteiger partial charge in [0.15, 0.2) is 5.75 Å². The van der Waals surface area contributed by atoms with E-state index < -0.39 is 22.3 Å². The zero-order valence-electron chi connectivity index (χ0n) is 7.21. The molecule has 0 aliphatic heterocycles. The number of hydrogen-bond donors (Lipinski definition) is 2. The van der Waals surface area contributed by atoms with Gasteiger partial charge in [0, 0.05) is 6.07 Å². The fourth-order valence-electron chi connectivity index (χ4n) is 0.803. The number of carboxylic acid groups (broad SMARTS) is 1. The summed E-state index contributed by atoms with van der Waals surface area (Å²) in [6.45, 7) is 0. The molecule has 1 aromatic rings. The van der Waals surface area contributed by atoms with Gasteiger partial charge in [0.05, 0.1) is 10.5 Å². The van der Waals surface area contributed by atoms with E-state index in [1.165, 1.54) is 0 Å². The quantitative estimate of drug-likeness (QED) is 0.574. The third kappa shape index (κ3) is 3.41. The van der Waals surface area contributed by atoms with Crippen LogP contribution in [-0.4, -0.2) is 26.6 Å². The van der Waals surface area contributed by atoms with Gasteiger partial charge < -0.3 is 15.7 Å². The first-order valence-electron chi connectivity index (χ1n) is 3.23. The Morgan fingerprint density at radius 2 is 1.93 bits per heavy atom. The van der Waals surface area contributed by atoms with E-state index >= 15 is 0 Å². The van der Waals surface area contributed by atoms with E-state index in [1.807, 2.05) is 0 Å². The second-order valence-corrected chi connectivity index (χ2v) is 2.27. The highest BCUT2D eigenvalue weighted by atomic mass is 35.5. The SMILES string of the molecule is Cl.O.O=C(O)c1ccc(O)c([N+](=O)[O-])c1. The second kappa shape index (κ2) is 5.78. The molecule has 0 radical (unpaired) electrons. The lowest BCUT2D eigenvalue weighted by atomic mass is 10.2. The van der Waals surface area contributed by atoms with Gasteiger partial charge >= 0.3 is 11.7 Å². The molecule has 7 nitrogen and oxygen atoms in total. The number of halogens is 1. The normalized spacial score (nSPS) is 8.27. The number of phenolic OH excluding ortho intramolecular Hbond substituents is 1. The van der Waals surface area contributed by atoms with Crippen LogP contribution in [0.5, 0.6) is 5.75 Å². The molecule has 0 bridgehead atoms. The third-order valence-corrected chi connectivity index (χ3v) is 1.42. The number of phenols is 1. The topological polar surface area (TPSA) is 132 Å². The number of rotatable bonds is 2. The summed E-state index contributed by atoms with van der Waals surface area (Å²) in [5.41, 5.74) is -0.843. The molecular weight excluding hydrogens is 230 g/mol. The molecule has 1 rings (SSSR count). The Balaban J connectivity index is 0. The second-order valence-electron chi connectivity index (χ2n) is 2.27. The molecule has 0 aliphatic carbocycles. The molecular formula is C7H8ClNO6. The molecule has 0 spiro atoms. The minimum atomic E-state index is -1.27. The number of carboxylic acids is 1. The van der Waals surface area contributed by atoms with E-state index in [2.05, 4.69) is 0 Å². The van der Waals surface area contributed by atoms with Crippen LogP contribution in [-0.2, 0) is 0 Å². The lowest BCUT2D eigenvalue weighted by Crippen LogP contribution is -1.97. The number of nitrogens with zero attached hydrogens (tertiary/aromatic N) is 1. The summed E-state index contributed by atoms with van der Waals surface area (Å²) >= 11 is 0. The first kappa shape index (κ1) is 15.6. The highest BCUT2D eigenvalue weighted by Crippen LogP contribution is 2.25. The van der Waals surface area contributed by atoms with Crippen molar-refractivity contribution in [3.05, 3.63) is 33.9 Å². The van der Waals surface area contributed by atoms with Crippen molar-refractivity contribution in [1.82, 2.24) is 0 Å². The van der Waals surface area contributed by atoms with Crippen LogP contribution in [0.25, 0.3) is 0 Å². The molecule has 15 heavy (non-hydrogen) atoms. The Labute approximate surface area is 89.8 Å². The summed E-state index contributed by atoms with van der Waals surface area (Å²) in [4.78, 5) is 19.8.